The van der Waals surface area contributed by atoms with Crippen LogP contribution in [0.3, 0.4) is 0 Å². The maximum Gasteiger partial charge on any atom is 0.272 e. The zero-order valence-electron chi connectivity index (χ0n) is 23.9. The number of aryl methyl sites for hydroxylation is 2. The van der Waals surface area contributed by atoms with Gasteiger partial charge in [0.15, 0.2) is 0 Å². The summed E-state index contributed by atoms with van der Waals surface area (Å²) in [5.74, 6) is -1.11. The van der Waals surface area contributed by atoms with E-state index < -0.39 is 17.1 Å². The van der Waals surface area contributed by atoms with Crippen LogP contribution in [0.4, 0.5) is 11.4 Å². The minimum atomic E-state index is -0.546. The van der Waals surface area contributed by atoms with Gasteiger partial charge < -0.3 is 16.0 Å². The van der Waals surface area contributed by atoms with Gasteiger partial charge in [-0.25, -0.2) is 0 Å². The number of amides is 3. The molecule has 4 aromatic carbocycles. The van der Waals surface area contributed by atoms with E-state index in [9.17, 15) is 14.4 Å². The number of benzene rings is 4. The number of thioether (sulfide) groups is 1. The van der Waals surface area contributed by atoms with Crippen LogP contribution in [0.15, 0.2) is 102 Å². The van der Waals surface area contributed by atoms with Gasteiger partial charge >= 0.3 is 0 Å². The molecule has 0 aliphatic rings. The van der Waals surface area contributed by atoms with E-state index in [0.29, 0.717) is 26.9 Å². The van der Waals surface area contributed by atoms with Gasteiger partial charge in [-0.1, -0.05) is 78.7 Å². The highest BCUT2D eigenvalue weighted by atomic mass is 35.5. The van der Waals surface area contributed by atoms with Crippen molar-refractivity contribution in [3.05, 3.63) is 129 Å². The predicted molar refractivity (Wildman–Crippen MR) is 178 cm³/mol. The molecule has 0 heterocycles. The number of rotatable bonds is 10. The molecule has 9 heteroatoms. The molecule has 0 spiro atoms. The first kappa shape index (κ1) is 31.9. The maximum absolute atomic E-state index is 13.5. The van der Waals surface area contributed by atoms with Crippen LogP contribution >= 0.6 is 35.0 Å². The van der Waals surface area contributed by atoms with Crippen molar-refractivity contribution in [2.45, 2.75) is 37.3 Å². The Kier molecular flexibility index (Phi) is 11.1. The summed E-state index contributed by atoms with van der Waals surface area (Å²) < 4.78 is 0. The number of carbonyl (C=O) groups is 3. The second kappa shape index (κ2) is 14.9. The van der Waals surface area contributed by atoms with Crippen molar-refractivity contribution in [1.82, 2.24) is 5.32 Å². The molecule has 0 saturated heterocycles. The van der Waals surface area contributed by atoms with E-state index in [-0.39, 0.29) is 11.6 Å². The molecule has 6 nitrogen and oxygen atoms in total. The van der Waals surface area contributed by atoms with Gasteiger partial charge in [-0.15, -0.1) is 11.8 Å². The normalized spacial score (nSPS) is 11.9. The van der Waals surface area contributed by atoms with Crippen LogP contribution in [-0.4, -0.2) is 23.0 Å². The quantitative estimate of drug-likeness (QED) is 0.121. The molecule has 220 valence electrons. The first-order chi connectivity index (χ1) is 20.6. The Labute approximate surface area is 265 Å². The molecule has 0 bridgehead atoms. The van der Waals surface area contributed by atoms with E-state index in [4.69, 9.17) is 23.2 Å². The predicted octanol–water partition coefficient (Wildman–Crippen LogP) is 8.39. The summed E-state index contributed by atoms with van der Waals surface area (Å²) >= 11 is 13.8. The summed E-state index contributed by atoms with van der Waals surface area (Å²) in [6, 6.07) is 26.6. The minimum absolute atomic E-state index is 0.00571. The standard InChI is InChI=1S/C34H31Cl2N3O3S/c1-4-23-13-8-10-21(2)31(23)39-32(40)22(3)43-28-15-9-14-27(20-28)37-34(42)30(18-25-16-17-26(35)19-29(25)36)38-33(41)24-11-6-5-7-12-24/h5-20,22H,4H2,1-3H3,(H,37,42)(H,38,41)(H,39,40)/b30-18+. The van der Waals surface area contributed by atoms with Crippen LogP contribution < -0.4 is 16.0 Å². The van der Waals surface area contributed by atoms with Gasteiger partial charge in [0.1, 0.15) is 5.70 Å². The van der Waals surface area contributed by atoms with Gasteiger partial charge in [0.25, 0.3) is 11.8 Å². The number of halogens is 2. The zero-order chi connectivity index (χ0) is 30.9. The lowest BCUT2D eigenvalue weighted by Gasteiger charge is -2.17. The third kappa shape index (κ3) is 8.74. The lowest BCUT2D eigenvalue weighted by atomic mass is 10.1. The van der Waals surface area contributed by atoms with E-state index >= 15 is 0 Å². The summed E-state index contributed by atoms with van der Waals surface area (Å²) in [5.41, 5.74) is 4.34. The van der Waals surface area contributed by atoms with Crippen molar-refractivity contribution < 1.29 is 14.4 Å². The monoisotopic (exact) mass is 631 g/mol. The largest absolute Gasteiger partial charge is 0.325 e. The highest BCUT2D eigenvalue weighted by Gasteiger charge is 2.19. The summed E-state index contributed by atoms with van der Waals surface area (Å²) in [6.45, 7) is 5.87. The molecule has 3 amide bonds. The smallest absolute Gasteiger partial charge is 0.272 e. The van der Waals surface area contributed by atoms with Crippen LogP contribution in [0, 0.1) is 6.92 Å². The van der Waals surface area contributed by atoms with E-state index in [1.165, 1.54) is 17.8 Å². The maximum atomic E-state index is 13.5. The average Bonchev–Trinajstić information content (AvgIpc) is 2.99. The topological polar surface area (TPSA) is 87.3 Å². The van der Waals surface area contributed by atoms with Crippen LogP contribution in [0.25, 0.3) is 6.08 Å². The molecule has 0 aliphatic carbocycles. The zero-order valence-corrected chi connectivity index (χ0v) is 26.2. The fourth-order valence-electron chi connectivity index (χ4n) is 4.25. The molecule has 0 aromatic heterocycles. The molecule has 1 atom stereocenters. The highest BCUT2D eigenvalue weighted by Crippen LogP contribution is 2.29. The van der Waals surface area contributed by atoms with Crippen LogP contribution in [0.5, 0.6) is 0 Å². The molecular formula is C34H31Cl2N3O3S. The van der Waals surface area contributed by atoms with E-state index in [1.807, 2.05) is 38.1 Å². The molecule has 3 N–H and O–H groups in total. The Balaban J connectivity index is 1.51. The lowest BCUT2D eigenvalue weighted by Crippen LogP contribution is -2.30. The molecule has 0 aliphatic heterocycles. The highest BCUT2D eigenvalue weighted by molar-refractivity contribution is 8.00. The third-order valence-corrected chi connectivity index (χ3v) is 8.21. The number of hydrogen-bond acceptors (Lipinski definition) is 4. The summed E-state index contributed by atoms with van der Waals surface area (Å²) in [6.07, 6.45) is 2.31. The molecule has 1 unspecified atom stereocenters. The van der Waals surface area contributed by atoms with Crippen molar-refractivity contribution >= 4 is 70.1 Å². The van der Waals surface area contributed by atoms with Gasteiger partial charge in [-0.05, 0) is 85.5 Å². The Morgan fingerprint density at radius 2 is 1.63 bits per heavy atom. The van der Waals surface area contributed by atoms with Crippen molar-refractivity contribution in [3.63, 3.8) is 0 Å². The van der Waals surface area contributed by atoms with Gasteiger partial charge in [0, 0.05) is 31.9 Å². The third-order valence-electron chi connectivity index (χ3n) is 6.55. The van der Waals surface area contributed by atoms with Crippen molar-refractivity contribution in [2.24, 2.45) is 0 Å². The van der Waals surface area contributed by atoms with E-state index in [0.717, 1.165) is 28.1 Å². The van der Waals surface area contributed by atoms with Gasteiger partial charge in [0.2, 0.25) is 5.91 Å². The van der Waals surface area contributed by atoms with Crippen molar-refractivity contribution in [1.29, 1.82) is 0 Å². The summed E-state index contributed by atoms with van der Waals surface area (Å²) in [7, 11) is 0. The summed E-state index contributed by atoms with van der Waals surface area (Å²) in [4.78, 5) is 40.3. The van der Waals surface area contributed by atoms with Gasteiger partial charge in [-0.3, -0.25) is 14.4 Å². The first-order valence-corrected chi connectivity index (χ1v) is 15.3. The summed E-state index contributed by atoms with van der Waals surface area (Å²) in [5, 5.41) is 9.01. The Bertz CT molecular complexity index is 1680. The number of anilines is 2. The van der Waals surface area contributed by atoms with Crippen LogP contribution in [-0.2, 0) is 16.0 Å². The lowest BCUT2D eigenvalue weighted by molar-refractivity contribution is -0.115. The molecular weight excluding hydrogens is 601 g/mol. The first-order valence-electron chi connectivity index (χ1n) is 13.6. The van der Waals surface area contributed by atoms with Gasteiger partial charge in [-0.2, -0.15) is 0 Å². The van der Waals surface area contributed by atoms with Crippen LogP contribution in [0.2, 0.25) is 10.0 Å². The Morgan fingerprint density at radius 1 is 0.884 bits per heavy atom. The van der Waals surface area contributed by atoms with Crippen LogP contribution in [0.1, 0.15) is 40.9 Å². The fraction of sp³-hybridized carbons (Fsp3) is 0.147. The van der Waals surface area contributed by atoms with E-state index in [1.54, 1.807) is 66.7 Å². The molecule has 0 radical (unpaired) electrons. The van der Waals surface area contributed by atoms with Crippen molar-refractivity contribution in [2.75, 3.05) is 10.6 Å². The van der Waals surface area contributed by atoms with Crippen molar-refractivity contribution in [3.8, 4) is 0 Å². The fourth-order valence-corrected chi connectivity index (χ4v) is 5.64. The Morgan fingerprint density at radius 3 is 2.35 bits per heavy atom. The molecule has 4 aromatic rings. The number of hydrogen-bond donors (Lipinski definition) is 3. The number of carbonyl (C=O) groups excluding carboxylic acids is 3. The second-order valence-electron chi connectivity index (χ2n) is 9.74. The molecule has 0 fully saturated rings. The van der Waals surface area contributed by atoms with E-state index in [2.05, 4.69) is 22.9 Å². The van der Waals surface area contributed by atoms with Gasteiger partial charge in [0.05, 0.1) is 5.25 Å². The molecule has 0 saturated carbocycles. The number of para-hydroxylation sites is 1. The number of nitrogens with one attached hydrogen (secondary N) is 3. The average molecular weight is 633 g/mol. The second-order valence-corrected chi connectivity index (χ2v) is 12.0. The molecule has 4 rings (SSSR count). The SMILES string of the molecule is CCc1cccc(C)c1NC(=O)C(C)Sc1cccc(NC(=O)/C(=C\c2ccc(Cl)cc2Cl)NC(=O)c2ccccc2)c1. The molecule has 43 heavy (non-hydrogen) atoms. The minimum Gasteiger partial charge on any atom is -0.325 e. The Hall–Kier alpha value is -4.04.